The van der Waals surface area contributed by atoms with E-state index in [2.05, 4.69) is 35.0 Å². The molecule has 0 aliphatic rings. The molecule has 0 fully saturated rings. The van der Waals surface area contributed by atoms with Gasteiger partial charge in [-0.15, -0.1) is 0 Å². The fraction of sp³-hybridized carbons (Fsp3) is 0.333. The van der Waals surface area contributed by atoms with Gasteiger partial charge in [0, 0.05) is 4.47 Å². The minimum Gasteiger partial charge on any atom is -0.380 e. The van der Waals surface area contributed by atoms with Crippen LogP contribution in [0.15, 0.2) is 53.0 Å². The van der Waals surface area contributed by atoms with Crippen LogP contribution >= 0.6 is 15.9 Å². The first-order valence-electron chi connectivity index (χ1n) is 7.18. The number of halogens is 1. The molecule has 2 rings (SSSR count). The summed E-state index contributed by atoms with van der Waals surface area (Å²) < 4.78 is 0.992. The number of rotatable bonds is 5. The van der Waals surface area contributed by atoms with E-state index < -0.39 is 5.60 Å². The molecule has 0 aliphatic heterocycles. The first-order chi connectivity index (χ1) is 9.60. The molecule has 0 saturated carbocycles. The van der Waals surface area contributed by atoms with Crippen molar-refractivity contribution in [2.75, 3.05) is 0 Å². The molecule has 1 nitrogen and oxygen atoms in total. The van der Waals surface area contributed by atoms with Crippen LogP contribution in [0.5, 0.6) is 0 Å². The summed E-state index contributed by atoms with van der Waals surface area (Å²) in [5.74, 6) is 0. The fourth-order valence-electron chi connectivity index (χ4n) is 2.59. The van der Waals surface area contributed by atoms with Gasteiger partial charge in [0.1, 0.15) is 5.60 Å². The molecule has 20 heavy (non-hydrogen) atoms. The molecule has 0 amide bonds. The Morgan fingerprint density at radius 2 is 1.65 bits per heavy atom. The Labute approximate surface area is 129 Å². The lowest BCUT2D eigenvalue weighted by Gasteiger charge is -2.28. The van der Waals surface area contributed by atoms with Crippen molar-refractivity contribution in [1.29, 1.82) is 0 Å². The summed E-state index contributed by atoms with van der Waals surface area (Å²) in [5, 5.41) is 11.2. The van der Waals surface area contributed by atoms with Crippen LogP contribution in [-0.4, -0.2) is 5.11 Å². The molecular weight excluding hydrogens is 312 g/mol. The highest BCUT2D eigenvalue weighted by atomic mass is 79.9. The molecule has 0 aromatic heterocycles. The zero-order valence-corrected chi connectivity index (χ0v) is 13.7. The largest absolute Gasteiger partial charge is 0.380 e. The van der Waals surface area contributed by atoms with E-state index in [0.717, 1.165) is 28.4 Å². The van der Waals surface area contributed by atoms with Crippen LogP contribution in [0.25, 0.3) is 0 Å². The molecule has 1 unspecified atom stereocenters. The first-order valence-corrected chi connectivity index (χ1v) is 7.97. The molecule has 0 spiro atoms. The Kier molecular flexibility index (Phi) is 5.00. The zero-order valence-electron chi connectivity index (χ0n) is 12.1. The van der Waals surface area contributed by atoms with E-state index in [1.54, 1.807) is 0 Å². The summed E-state index contributed by atoms with van der Waals surface area (Å²) in [6, 6.07) is 16.3. The summed E-state index contributed by atoms with van der Waals surface area (Å²) in [6.45, 7) is 4.19. The Hall–Kier alpha value is -1.12. The van der Waals surface area contributed by atoms with Crippen molar-refractivity contribution in [2.45, 2.75) is 38.7 Å². The van der Waals surface area contributed by atoms with Crippen LogP contribution in [0.4, 0.5) is 0 Å². The normalized spacial score (nSPS) is 14.0. The third-order valence-electron chi connectivity index (χ3n) is 3.76. The smallest absolute Gasteiger partial charge is 0.114 e. The second-order valence-corrected chi connectivity index (χ2v) is 6.09. The first kappa shape index (κ1) is 15.3. The number of hydrogen-bond acceptors (Lipinski definition) is 1. The monoisotopic (exact) mass is 332 g/mol. The van der Waals surface area contributed by atoms with Crippen molar-refractivity contribution in [3.8, 4) is 0 Å². The van der Waals surface area contributed by atoms with Gasteiger partial charge >= 0.3 is 0 Å². The number of aliphatic hydroxyl groups is 1. The third-order valence-corrected chi connectivity index (χ3v) is 4.25. The molecule has 1 N–H and O–H groups in total. The maximum Gasteiger partial charge on any atom is 0.114 e. The molecule has 0 aliphatic carbocycles. The highest BCUT2D eigenvalue weighted by Gasteiger charge is 2.29. The van der Waals surface area contributed by atoms with Gasteiger partial charge < -0.3 is 5.11 Å². The lowest BCUT2D eigenvalue weighted by molar-refractivity contribution is 0.0764. The van der Waals surface area contributed by atoms with Crippen LogP contribution in [0.1, 0.15) is 43.4 Å². The molecular formula is C18H21BrO. The van der Waals surface area contributed by atoms with Crippen LogP contribution in [0, 0.1) is 0 Å². The van der Waals surface area contributed by atoms with E-state index in [-0.39, 0.29) is 0 Å². The zero-order chi connectivity index (χ0) is 14.6. The predicted molar refractivity (Wildman–Crippen MR) is 87.9 cm³/mol. The minimum absolute atomic E-state index is 0.652. The molecule has 2 aromatic rings. The van der Waals surface area contributed by atoms with Gasteiger partial charge in [0.2, 0.25) is 0 Å². The van der Waals surface area contributed by atoms with Crippen molar-refractivity contribution in [1.82, 2.24) is 0 Å². The van der Waals surface area contributed by atoms with Crippen LogP contribution in [0.3, 0.4) is 0 Å². The molecule has 0 bridgehead atoms. The Morgan fingerprint density at radius 1 is 1.00 bits per heavy atom. The van der Waals surface area contributed by atoms with Gasteiger partial charge in [0.05, 0.1) is 0 Å². The van der Waals surface area contributed by atoms with E-state index in [1.165, 1.54) is 5.56 Å². The van der Waals surface area contributed by atoms with Gasteiger partial charge in [0.25, 0.3) is 0 Å². The predicted octanol–water partition coefficient (Wildman–Crippen LogP) is 5.05. The lowest BCUT2D eigenvalue weighted by Crippen LogP contribution is -2.26. The SMILES string of the molecule is CCCc1cccc(C(O)(CC)c2cccc(Br)c2)c1. The third kappa shape index (κ3) is 3.13. The highest BCUT2D eigenvalue weighted by molar-refractivity contribution is 9.10. The molecule has 0 saturated heterocycles. The molecule has 106 valence electrons. The van der Waals surface area contributed by atoms with E-state index in [1.807, 2.05) is 43.3 Å². The van der Waals surface area contributed by atoms with Gasteiger partial charge in [0.15, 0.2) is 0 Å². The molecule has 0 heterocycles. The lowest BCUT2D eigenvalue weighted by atomic mass is 9.83. The van der Waals surface area contributed by atoms with Gasteiger partial charge in [-0.25, -0.2) is 0 Å². The summed E-state index contributed by atoms with van der Waals surface area (Å²) >= 11 is 3.48. The summed E-state index contributed by atoms with van der Waals surface area (Å²) in [5.41, 5.74) is 2.27. The van der Waals surface area contributed by atoms with Gasteiger partial charge in [-0.05, 0) is 41.7 Å². The minimum atomic E-state index is -0.923. The fourth-order valence-corrected chi connectivity index (χ4v) is 2.99. The molecule has 1 atom stereocenters. The molecule has 2 aromatic carbocycles. The second-order valence-electron chi connectivity index (χ2n) is 5.17. The standard InChI is InChI=1S/C18H21BrO/c1-3-7-14-8-5-9-15(12-14)18(20,4-2)16-10-6-11-17(19)13-16/h5-6,8-13,20H,3-4,7H2,1-2H3. The Balaban J connectivity index is 2.47. The van der Waals surface area contributed by atoms with Crippen molar-refractivity contribution in [3.05, 3.63) is 69.7 Å². The van der Waals surface area contributed by atoms with E-state index in [9.17, 15) is 5.11 Å². The number of aryl methyl sites for hydroxylation is 1. The topological polar surface area (TPSA) is 20.2 Å². The van der Waals surface area contributed by atoms with Crippen LogP contribution in [-0.2, 0) is 12.0 Å². The van der Waals surface area contributed by atoms with Gasteiger partial charge in [-0.1, -0.05) is 72.6 Å². The average molecular weight is 333 g/mol. The van der Waals surface area contributed by atoms with E-state index >= 15 is 0 Å². The number of benzene rings is 2. The Bertz CT molecular complexity index is 579. The van der Waals surface area contributed by atoms with E-state index in [4.69, 9.17) is 0 Å². The summed E-state index contributed by atoms with van der Waals surface area (Å²) in [7, 11) is 0. The molecule has 2 heteroatoms. The number of hydrogen-bond donors (Lipinski definition) is 1. The average Bonchev–Trinajstić information content (AvgIpc) is 2.47. The molecule has 0 radical (unpaired) electrons. The maximum absolute atomic E-state index is 11.2. The summed E-state index contributed by atoms with van der Waals surface area (Å²) in [4.78, 5) is 0. The van der Waals surface area contributed by atoms with Crippen molar-refractivity contribution >= 4 is 15.9 Å². The van der Waals surface area contributed by atoms with Crippen molar-refractivity contribution in [3.63, 3.8) is 0 Å². The second kappa shape index (κ2) is 6.55. The van der Waals surface area contributed by atoms with Crippen molar-refractivity contribution in [2.24, 2.45) is 0 Å². The van der Waals surface area contributed by atoms with Crippen LogP contribution < -0.4 is 0 Å². The van der Waals surface area contributed by atoms with Gasteiger partial charge in [-0.2, -0.15) is 0 Å². The van der Waals surface area contributed by atoms with Crippen LogP contribution in [0.2, 0.25) is 0 Å². The highest BCUT2D eigenvalue weighted by Crippen LogP contribution is 2.34. The van der Waals surface area contributed by atoms with E-state index in [0.29, 0.717) is 6.42 Å². The van der Waals surface area contributed by atoms with Gasteiger partial charge in [-0.3, -0.25) is 0 Å². The van der Waals surface area contributed by atoms with Crippen molar-refractivity contribution < 1.29 is 5.11 Å². The summed E-state index contributed by atoms with van der Waals surface area (Å²) in [6.07, 6.45) is 2.82. The Morgan fingerprint density at radius 3 is 2.25 bits per heavy atom. The quantitative estimate of drug-likeness (QED) is 0.812. The maximum atomic E-state index is 11.2.